The SMILES string of the molecule is CC.CC.CN1C=CC=C(C(O)CNCCc2ccc(C(=O)N(C)CC3=C(F)NCC=C3)cc2)C1. The maximum absolute atomic E-state index is 13.8. The number of carbonyl (C=O) groups excluding carboxylic acids is 1. The van der Waals surface area contributed by atoms with Crippen molar-refractivity contribution in [3.63, 3.8) is 0 Å². The molecule has 35 heavy (non-hydrogen) atoms. The number of hydrogen-bond acceptors (Lipinski definition) is 5. The summed E-state index contributed by atoms with van der Waals surface area (Å²) in [6.07, 6.45) is 9.73. The van der Waals surface area contributed by atoms with Crippen molar-refractivity contribution in [3.8, 4) is 0 Å². The molecule has 0 bridgehead atoms. The second kappa shape index (κ2) is 16.7. The number of halogens is 1. The Balaban J connectivity index is 0.00000145. The van der Waals surface area contributed by atoms with Gasteiger partial charge in [-0.2, -0.15) is 4.39 Å². The average molecular weight is 487 g/mol. The first-order valence-corrected chi connectivity index (χ1v) is 12.5. The van der Waals surface area contributed by atoms with Gasteiger partial charge in [0.15, 0.2) is 5.95 Å². The second-order valence-corrected chi connectivity index (χ2v) is 7.95. The standard InChI is InChI=1S/C24H31FN4O2.2C2H6/c1-28-14-4-6-20(16-28)22(30)15-26-13-11-18-7-9-19(10-8-18)24(31)29(2)17-21-5-3-12-27-23(21)25;2*1-2/h3-10,14,22,26-27,30H,11-13,15-17H2,1-2H3;2*1-2H3. The van der Waals surface area contributed by atoms with Gasteiger partial charge in [0.2, 0.25) is 0 Å². The minimum atomic E-state index is -0.503. The van der Waals surface area contributed by atoms with E-state index in [0.717, 1.165) is 30.6 Å². The highest BCUT2D eigenvalue weighted by atomic mass is 19.1. The van der Waals surface area contributed by atoms with Crippen LogP contribution in [0.1, 0.15) is 43.6 Å². The van der Waals surface area contributed by atoms with E-state index in [2.05, 4.69) is 10.6 Å². The molecule has 0 radical (unpaired) electrons. The van der Waals surface area contributed by atoms with E-state index in [1.807, 2.05) is 76.2 Å². The summed E-state index contributed by atoms with van der Waals surface area (Å²) in [7, 11) is 3.65. The van der Waals surface area contributed by atoms with Crippen LogP contribution in [0.3, 0.4) is 0 Å². The van der Waals surface area contributed by atoms with Crippen molar-refractivity contribution in [2.24, 2.45) is 0 Å². The number of rotatable bonds is 9. The molecule has 0 spiro atoms. The van der Waals surface area contributed by atoms with Crippen molar-refractivity contribution in [2.45, 2.75) is 40.2 Å². The third kappa shape index (κ3) is 10.1. The number of carbonyl (C=O) groups is 1. The van der Waals surface area contributed by atoms with Crippen molar-refractivity contribution in [3.05, 3.63) is 83.0 Å². The summed E-state index contributed by atoms with van der Waals surface area (Å²) in [5.41, 5.74) is 3.15. The third-order valence-electron chi connectivity index (χ3n) is 5.37. The fourth-order valence-corrected chi connectivity index (χ4v) is 3.55. The number of benzene rings is 1. The van der Waals surface area contributed by atoms with Crippen LogP contribution in [0, 0.1) is 0 Å². The number of likely N-dealkylation sites (N-methyl/N-ethyl adjacent to an activating group) is 2. The zero-order chi connectivity index (χ0) is 26.2. The van der Waals surface area contributed by atoms with Crippen molar-refractivity contribution in [1.82, 2.24) is 20.4 Å². The molecule has 194 valence electrons. The summed E-state index contributed by atoms with van der Waals surface area (Å²) in [6.45, 7) is 10.7. The highest BCUT2D eigenvalue weighted by Gasteiger charge is 2.16. The zero-order valence-corrected chi connectivity index (χ0v) is 22.1. The highest BCUT2D eigenvalue weighted by Crippen LogP contribution is 2.14. The van der Waals surface area contributed by atoms with E-state index in [0.29, 0.717) is 24.2 Å². The van der Waals surface area contributed by atoms with E-state index in [4.69, 9.17) is 0 Å². The Morgan fingerprint density at radius 2 is 1.91 bits per heavy atom. The highest BCUT2D eigenvalue weighted by molar-refractivity contribution is 5.94. The van der Waals surface area contributed by atoms with Crippen molar-refractivity contribution in [1.29, 1.82) is 0 Å². The lowest BCUT2D eigenvalue weighted by atomic mass is 10.1. The predicted molar refractivity (Wildman–Crippen MR) is 144 cm³/mol. The number of nitrogens with zero attached hydrogens (tertiary/aromatic N) is 2. The van der Waals surface area contributed by atoms with Gasteiger partial charge in [0.25, 0.3) is 5.91 Å². The average Bonchev–Trinajstić information content (AvgIpc) is 2.90. The van der Waals surface area contributed by atoms with Crippen molar-refractivity contribution in [2.75, 3.05) is 46.8 Å². The molecule has 2 aliphatic heterocycles. The van der Waals surface area contributed by atoms with Gasteiger partial charge < -0.3 is 25.5 Å². The molecule has 2 aliphatic rings. The van der Waals surface area contributed by atoms with E-state index < -0.39 is 6.10 Å². The summed E-state index contributed by atoms with van der Waals surface area (Å²) in [6, 6.07) is 7.48. The fourth-order valence-electron chi connectivity index (χ4n) is 3.55. The fraction of sp³-hybridized carbons (Fsp3) is 0.464. The van der Waals surface area contributed by atoms with Gasteiger partial charge in [-0.1, -0.05) is 58.1 Å². The minimum absolute atomic E-state index is 0.146. The molecule has 1 amide bonds. The summed E-state index contributed by atoms with van der Waals surface area (Å²) < 4.78 is 13.8. The Kier molecular flexibility index (Phi) is 14.4. The van der Waals surface area contributed by atoms with E-state index in [1.54, 1.807) is 25.3 Å². The monoisotopic (exact) mass is 486 g/mol. The zero-order valence-electron chi connectivity index (χ0n) is 22.1. The normalized spacial score (nSPS) is 15.2. The van der Waals surface area contributed by atoms with E-state index in [-0.39, 0.29) is 18.4 Å². The lowest BCUT2D eigenvalue weighted by molar-refractivity contribution is 0.0807. The summed E-state index contributed by atoms with van der Waals surface area (Å²) >= 11 is 0. The smallest absolute Gasteiger partial charge is 0.253 e. The van der Waals surface area contributed by atoms with Gasteiger partial charge in [-0.25, -0.2) is 0 Å². The third-order valence-corrected chi connectivity index (χ3v) is 5.37. The summed E-state index contributed by atoms with van der Waals surface area (Å²) in [4.78, 5) is 16.2. The summed E-state index contributed by atoms with van der Waals surface area (Å²) in [5, 5.41) is 16.2. The maximum atomic E-state index is 13.8. The van der Waals surface area contributed by atoms with Crippen LogP contribution < -0.4 is 10.6 Å². The Bertz CT molecular complexity index is 891. The molecule has 7 heteroatoms. The van der Waals surface area contributed by atoms with Gasteiger partial charge in [-0.3, -0.25) is 4.79 Å². The Morgan fingerprint density at radius 3 is 2.54 bits per heavy atom. The van der Waals surface area contributed by atoms with E-state index in [9.17, 15) is 14.3 Å². The Labute approximate surface area is 210 Å². The van der Waals surface area contributed by atoms with Crippen LogP contribution in [0.15, 0.2) is 71.9 Å². The lowest BCUT2D eigenvalue weighted by Gasteiger charge is -2.23. The molecule has 1 aromatic carbocycles. The van der Waals surface area contributed by atoms with Gasteiger partial charge in [-0.05, 0) is 48.5 Å². The number of dihydropyridines is 1. The van der Waals surface area contributed by atoms with Crippen LogP contribution in [0.2, 0.25) is 0 Å². The maximum Gasteiger partial charge on any atom is 0.253 e. The van der Waals surface area contributed by atoms with Gasteiger partial charge in [0, 0.05) is 44.9 Å². The molecule has 3 N–H and O–H groups in total. The molecule has 0 aromatic heterocycles. The van der Waals surface area contributed by atoms with Gasteiger partial charge in [0.1, 0.15) is 0 Å². The van der Waals surface area contributed by atoms with Crippen LogP contribution in [-0.4, -0.2) is 73.7 Å². The molecule has 1 aromatic rings. The quantitative estimate of drug-likeness (QED) is 0.363. The van der Waals surface area contributed by atoms with Crippen LogP contribution in [0.25, 0.3) is 0 Å². The number of amides is 1. The summed E-state index contributed by atoms with van der Waals surface area (Å²) in [5.74, 6) is -0.523. The van der Waals surface area contributed by atoms with Crippen LogP contribution in [-0.2, 0) is 6.42 Å². The Morgan fingerprint density at radius 1 is 1.23 bits per heavy atom. The first kappa shape index (κ1) is 30.1. The van der Waals surface area contributed by atoms with Gasteiger partial charge in [0.05, 0.1) is 12.6 Å². The predicted octanol–water partition coefficient (Wildman–Crippen LogP) is 4.03. The largest absolute Gasteiger partial charge is 0.387 e. The molecular weight excluding hydrogens is 443 g/mol. The van der Waals surface area contributed by atoms with Crippen LogP contribution in [0.4, 0.5) is 4.39 Å². The lowest BCUT2D eigenvalue weighted by Crippen LogP contribution is -2.33. The molecule has 3 rings (SSSR count). The van der Waals surface area contributed by atoms with Crippen molar-refractivity contribution >= 4 is 5.91 Å². The molecule has 1 unspecified atom stereocenters. The van der Waals surface area contributed by atoms with Gasteiger partial charge >= 0.3 is 0 Å². The first-order chi connectivity index (χ1) is 16.9. The van der Waals surface area contributed by atoms with Crippen LogP contribution in [0.5, 0.6) is 0 Å². The molecule has 0 saturated carbocycles. The molecule has 0 aliphatic carbocycles. The number of hydrogen-bond donors (Lipinski definition) is 3. The van der Waals surface area contributed by atoms with Crippen LogP contribution >= 0.6 is 0 Å². The molecular formula is C28H43FN4O2. The number of allylic oxidation sites excluding steroid dienone is 2. The van der Waals surface area contributed by atoms with Gasteiger partial charge in [-0.15, -0.1) is 0 Å². The molecule has 0 saturated heterocycles. The van der Waals surface area contributed by atoms with Crippen molar-refractivity contribution < 1.29 is 14.3 Å². The number of nitrogens with one attached hydrogen (secondary N) is 2. The minimum Gasteiger partial charge on any atom is -0.387 e. The van der Waals surface area contributed by atoms with E-state index >= 15 is 0 Å². The molecule has 2 heterocycles. The second-order valence-electron chi connectivity index (χ2n) is 7.95. The Hall–Kier alpha value is -2.90. The molecule has 1 atom stereocenters. The topological polar surface area (TPSA) is 67.8 Å². The van der Waals surface area contributed by atoms with E-state index in [1.165, 1.54) is 4.90 Å². The number of aliphatic hydroxyl groups is 1. The molecule has 0 fully saturated rings. The number of aliphatic hydroxyl groups excluding tert-OH is 1. The molecule has 6 nitrogen and oxygen atoms in total. The first-order valence-electron chi connectivity index (χ1n) is 12.5.